The molecule has 4 rings (SSSR count). The molecule has 32 heavy (non-hydrogen) atoms. The summed E-state index contributed by atoms with van der Waals surface area (Å²) in [7, 11) is 1.54. The topological polar surface area (TPSA) is 77.4 Å². The summed E-state index contributed by atoms with van der Waals surface area (Å²) in [6.07, 6.45) is 1.83. The first kappa shape index (κ1) is 22.2. The molecular formula is C24H20BrClN2O4. The highest BCUT2D eigenvalue weighted by atomic mass is 79.9. The van der Waals surface area contributed by atoms with E-state index in [4.69, 9.17) is 21.1 Å². The summed E-state index contributed by atoms with van der Waals surface area (Å²) in [6.45, 7) is 0.00598. The van der Waals surface area contributed by atoms with Crippen LogP contribution >= 0.6 is 27.5 Å². The molecule has 0 unspecified atom stereocenters. The molecule has 0 amide bonds. The number of halogens is 2. The molecule has 3 aromatic carbocycles. The lowest BCUT2D eigenvalue weighted by molar-refractivity contribution is -0.481. The molecule has 1 heterocycles. The second-order valence-corrected chi connectivity index (χ2v) is 8.53. The van der Waals surface area contributed by atoms with Gasteiger partial charge in [-0.2, -0.15) is 0 Å². The van der Waals surface area contributed by atoms with Crippen molar-refractivity contribution in [2.45, 2.75) is 12.5 Å². The van der Waals surface area contributed by atoms with Crippen LogP contribution in [0.3, 0.4) is 0 Å². The molecule has 1 aromatic heterocycles. The van der Waals surface area contributed by atoms with Crippen molar-refractivity contribution in [2.75, 3.05) is 13.7 Å². The number of rotatable bonds is 8. The van der Waals surface area contributed by atoms with E-state index in [9.17, 15) is 10.1 Å². The number of nitro groups is 1. The zero-order valence-electron chi connectivity index (χ0n) is 17.2. The second-order valence-electron chi connectivity index (χ2n) is 7.27. The summed E-state index contributed by atoms with van der Waals surface area (Å²) in [5.74, 6) is 0.522. The van der Waals surface area contributed by atoms with Crippen molar-refractivity contribution in [3.05, 3.63) is 103 Å². The van der Waals surface area contributed by atoms with E-state index in [2.05, 4.69) is 20.9 Å². The Morgan fingerprint density at radius 2 is 1.91 bits per heavy atom. The van der Waals surface area contributed by atoms with Crippen molar-refractivity contribution < 1.29 is 14.4 Å². The first-order valence-electron chi connectivity index (χ1n) is 9.89. The van der Waals surface area contributed by atoms with E-state index in [0.29, 0.717) is 21.0 Å². The van der Waals surface area contributed by atoms with Crippen LogP contribution in [0.2, 0.25) is 5.02 Å². The Bertz CT molecular complexity index is 1270. The highest BCUT2D eigenvalue weighted by molar-refractivity contribution is 9.10. The van der Waals surface area contributed by atoms with Crippen LogP contribution in [0.15, 0.2) is 71.3 Å². The van der Waals surface area contributed by atoms with Crippen LogP contribution in [0.5, 0.6) is 11.5 Å². The maximum absolute atomic E-state index is 11.5. The minimum atomic E-state index is -0.469. The molecule has 6 nitrogen and oxygen atoms in total. The molecule has 0 bridgehead atoms. The third-order valence-electron chi connectivity index (χ3n) is 5.31. The van der Waals surface area contributed by atoms with Crippen LogP contribution in [0.4, 0.5) is 0 Å². The molecule has 8 heteroatoms. The number of aromatic nitrogens is 1. The maximum atomic E-state index is 11.5. The summed E-state index contributed by atoms with van der Waals surface area (Å²) >= 11 is 9.80. The van der Waals surface area contributed by atoms with Crippen LogP contribution in [-0.4, -0.2) is 23.6 Å². The van der Waals surface area contributed by atoms with Gasteiger partial charge in [-0.05, 0) is 51.3 Å². The summed E-state index contributed by atoms with van der Waals surface area (Å²) < 4.78 is 12.2. The summed E-state index contributed by atoms with van der Waals surface area (Å²) in [4.78, 5) is 14.4. The van der Waals surface area contributed by atoms with Gasteiger partial charge < -0.3 is 14.5 Å². The normalized spacial score (nSPS) is 12.0. The fourth-order valence-corrected chi connectivity index (χ4v) is 4.53. The average molecular weight is 516 g/mol. The predicted molar refractivity (Wildman–Crippen MR) is 128 cm³/mol. The molecule has 1 atom stereocenters. The molecule has 0 fully saturated rings. The maximum Gasteiger partial charge on any atom is 0.214 e. The minimum Gasteiger partial charge on any atom is -0.493 e. The van der Waals surface area contributed by atoms with Gasteiger partial charge in [0, 0.05) is 32.6 Å². The van der Waals surface area contributed by atoms with Crippen LogP contribution in [0, 0.1) is 10.1 Å². The van der Waals surface area contributed by atoms with Crippen molar-refractivity contribution in [1.82, 2.24) is 4.98 Å². The van der Waals surface area contributed by atoms with E-state index in [0.717, 1.165) is 27.6 Å². The van der Waals surface area contributed by atoms with E-state index in [1.807, 2.05) is 54.7 Å². The summed E-state index contributed by atoms with van der Waals surface area (Å²) in [5.41, 5.74) is 3.38. The molecule has 0 aliphatic carbocycles. The summed E-state index contributed by atoms with van der Waals surface area (Å²) in [5, 5.41) is 13.1. The number of aromatic amines is 1. The van der Waals surface area contributed by atoms with Gasteiger partial charge in [-0.1, -0.05) is 48.0 Å². The Morgan fingerprint density at radius 1 is 1.16 bits per heavy atom. The summed E-state index contributed by atoms with van der Waals surface area (Å²) in [6, 6.07) is 18.8. The van der Waals surface area contributed by atoms with Gasteiger partial charge in [-0.3, -0.25) is 10.1 Å². The number of fused-ring (bicyclic) bond motifs is 1. The Kier molecular flexibility index (Phi) is 6.67. The number of nitrogens with one attached hydrogen (secondary N) is 1. The zero-order chi connectivity index (χ0) is 22.7. The quantitative estimate of drug-likeness (QED) is 0.212. The lowest BCUT2D eigenvalue weighted by atomic mass is 9.90. The Labute approximate surface area is 198 Å². The highest BCUT2D eigenvalue weighted by Crippen LogP contribution is 2.41. The highest BCUT2D eigenvalue weighted by Gasteiger charge is 2.26. The smallest absolute Gasteiger partial charge is 0.214 e. The van der Waals surface area contributed by atoms with E-state index in [-0.39, 0.29) is 18.1 Å². The lowest BCUT2D eigenvalue weighted by Gasteiger charge is -2.18. The molecule has 164 valence electrons. The number of hydrogen-bond acceptors (Lipinski definition) is 4. The van der Waals surface area contributed by atoms with Crippen molar-refractivity contribution in [3.63, 3.8) is 0 Å². The number of nitrogens with zero attached hydrogens (tertiary/aromatic N) is 1. The molecule has 0 saturated heterocycles. The number of ether oxygens (including phenoxy) is 2. The number of para-hydroxylation sites is 1. The van der Waals surface area contributed by atoms with Gasteiger partial charge in [0.15, 0.2) is 11.5 Å². The molecule has 0 radical (unpaired) electrons. The van der Waals surface area contributed by atoms with Gasteiger partial charge >= 0.3 is 0 Å². The van der Waals surface area contributed by atoms with Gasteiger partial charge in [-0.25, -0.2) is 0 Å². The third kappa shape index (κ3) is 4.59. The first-order chi connectivity index (χ1) is 15.5. The van der Waals surface area contributed by atoms with Crippen molar-refractivity contribution >= 4 is 38.4 Å². The van der Waals surface area contributed by atoms with Crippen molar-refractivity contribution in [3.8, 4) is 11.5 Å². The Balaban J connectivity index is 1.72. The Hall–Kier alpha value is -3.03. The van der Waals surface area contributed by atoms with Gasteiger partial charge in [0.2, 0.25) is 6.54 Å². The number of hydrogen-bond donors (Lipinski definition) is 1. The first-order valence-corrected chi connectivity index (χ1v) is 11.1. The van der Waals surface area contributed by atoms with Gasteiger partial charge in [-0.15, -0.1) is 0 Å². The van der Waals surface area contributed by atoms with Crippen molar-refractivity contribution in [2.24, 2.45) is 0 Å². The monoisotopic (exact) mass is 514 g/mol. The largest absolute Gasteiger partial charge is 0.493 e. The van der Waals surface area contributed by atoms with E-state index < -0.39 is 5.92 Å². The second kappa shape index (κ2) is 9.63. The van der Waals surface area contributed by atoms with Crippen LogP contribution in [-0.2, 0) is 6.61 Å². The van der Waals surface area contributed by atoms with Gasteiger partial charge in [0.25, 0.3) is 0 Å². The average Bonchev–Trinajstić information content (AvgIpc) is 3.21. The fourth-order valence-electron chi connectivity index (χ4n) is 3.76. The Morgan fingerprint density at radius 3 is 2.66 bits per heavy atom. The van der Waals surface area contributed by atoms with Crippen LogP contribution in [0.25, 0.3) is 10.9 Å². The molecule has 0 spiro atoms. The molecular weight excluding hydrogens is 496 g/mol. The molecule has 4 aromatic rings. The zero-order valence-corrected chi connectivity index (χ0v) is 19.5. The lowest BCUT2D eigenvalue weighted by Crippen LogP contribution is -2.14. The molecule has 0 saturated carbocycles. The minimum absolute atomic E-state index is 0.253. The van der Waals surface area contributed by atoms with E-state index in [1.54, 1.807) is 19.2 Å². The van der Waals surface area contributed by atoms with E-state index in [1.165, 1.54) is 0 Å². The molecule has 0 aliphatic heterocycles. The van der Waals surface area contributed by atoms with Crippen LogP contribution in [0.1, 0.15) is 22.6 Å². The number of methoxy groups -OCH3 is 1. The third-order valence-corrected chi connectivity index (χ3v) is 6.27. The predicted octanol–water partition coefficient (Wildman–Crippen LogP) is 6.58. The van der Waals surface area contributed by atoms with Gasteiger partial charge in [0.1, 0.15) is 6.61 Å². The van der Waals surface area contributed by atoms with Crippen molar-refractivity contribution in [1.29, 1.82) is 0 Å². The fraction of sp³-hybridized carbons (Fsp3) is 0.167. The molecule has 1 N–H and O–H groups in total. The standard InChI is InChI=1S/C24H20BrClN2O4/c1-31-23-11-16(10-20(25)24(23)32-14-15-6-2-4-8-21(15)26)19(13-28(29)30)18-12-27-22-9-5-3-7-17(18)22/h2-12,19,27H,13-14H2,1H3/t19-/m1/s1. The SMILES string of the molecule is COc1cc([C@@H](C[N+](=O)[O-])c2c[nH]c3ccccc23)cc(Br)c1OCc1ccccc1Cl. The van der Waals surface area contributed by atoms with Gasteiger partial charge in [0.05, 0.1) is 17.5 Å². The van der Waals surface area contributed by atoms with E-state index >= 15 is 0 Å². The number of benzene rings is 3. The number of H-pyrrole nitrogens is 1. The molecule has 0 aliphatic rings. The van der Waals surface area contributed by atoms with Crippen LogP contribution < -0.4 is 9.47 Å².